The lowest BCUT2D eigenvalue weighted by Crippen LogP contribution is -2.11. The van der Waals surface area contributed by atoms with Gasteiger partial charge in [0.15, 0.2) is 0 Å². The van der Waals surface area contributed by atoms with Crippen LogP contribution >= 0.6 is 0 Å². The molecule has 16 heavy (non-hydrogen) atoms. The van der Waals surface area contributed by atoms with Crippen LogP contribution in [0.1, 0.15) is 24.4 Å². The van der Waals surface area contributed by atoms with Crippen molar-refractivity contribution in [2.24, 2.45) is 11.7 Å². The fourth-order valence-electron chi connectivity index (χ4n) is 2.24. The van der Waals surface area contributed by atoms with Gasteiger partial charge < -0.3 is 15.5 Å². The first kappa shape index (κ1) is 9.73. The Labute approximate surface area is 94.6 Å². The first-order valence-electron chi connectivity index (χ1n) is 5.70. The maximum absolute atomic E-state index is 6.23. The first-order valence-corrected chi connectivity index (χ1v) is 5.70. The summed E-state index contributed by atoms with van der Waals surface area (Å²) >= 11 is 0. The van der Waals surface area contributed by atoms with Crippen LogP contribution in [0.3, 0.4) is 0 Å². The molecular formula is C13H16N2O. The van der Waals surface area contributed by atoms with E-state index in [1.807, 2.05) is 18.3 Å². The van der Waals surface area contributed by atoms with Crippen molar-refractivity contribution in [1.82, 2.24) is 4.98 Å². The summed E-state index contributed by atoms with van der Waals surface area (Å²) in [6, 6.07) is 6.27. The number of rotatable bonds is 3. The topological polar surface area (TPSA) is 51.0 Å². The van der Waals surface area contributed by atoms with Crippen molar-refractivity contribution < 1.29 is 4.74 Å². The fourth-order valence-corrected chi connectivity index (χ4v) is 2.24. The predicted molar refractivity (Wildman–Crippen MR) is 64.5 cm³/mol. The highest BCUT2D eigenvalue weighted by atomic mass is 16.5. The maximum atomic E-state index is 6.23. The first-order chi connectivity index (χ1) is 7.79. The van der Waals surface area contributed by atoms with Crippen LogP contribution in [0.2, 0.25) is 0 Å². The second kappa shape index (κ2) is 3.52. The van der Waals surface area contributed by atoms with Crippen molar-refractivity contribution in [1.29, 1.82) is 0 Å². The van der Waals surface area contributed by atoms with E-state index in [4.69, 9.17) is 10.5 Å². The summed E-state index contributed by atoms with van der Waals surface area (Å²) in [5.41, 5.74) is 8.57. The van der Waals surface area contributed by atoms with E-state index >= 15 is 0 Å². The summed E-state index contributed by atoms with van der Waals surface area (Å²) in [4.78, 5) is 3.27. The van der Waals surface area contributed by atoms with E-state index in [0.717, 1.165) is 11.3 Å². The van der Waals surface area contributed by atoms with Crippen molar-refractivity contribution in [2.45, 2.75) is 18.9 Å². The Balaban J connectivity index is 2.05. The zero-order valence-electron chi connectivity index (χ0n) is 9.36. The van der Waals surface area contributed by atoms with Gasteiger partial charge in [-0.2, -0.15) is 0 Å². The molecule has 0 amide bonds. The molecule has 1 fully saturated rings. The average molecular weight is 216 g/mol. The molecule has 1 unspecified atom stereocenters. The lowest BCUT2D eigenvalue weighted by Gasteiger charge is -2.08. The van der Waals surface area contributed by atoms with Gasteiger partial charge in [0.05, 0.1) is 7.11 Å². The molecule has 3 N–H and O–H groups in total. The minimum Gasteiger partial charge on any atom is -0.497 e. The van der Waals surface area contributed by atoms with Crippen molar-refractivity contribution >= 4 is 10.9 Å². The summed E-state index contributed by atoms with van der Waals surface area (Å²) in [7, 11) is 1.68. The number of hydrogen-bond acceptors (Lipinski definition) is 2. The van der Waals surface area contributed by atoms with E-state index in [1.165, 1.54) is 23.8 Å². The average Bonchev–Trinajstić information content (AvgIpc) is 3.08. The second-order valence-corrected chi connectivity index (χ2v) is 4.52. The summed E-state index contributed by atoms with van der Waals surface area (Å²) in [5, 5.41) is 1.22. The molecule has 2 aromatic rings. The molecule has 3 heteroatoms. The molecule has 1 aliphatic carbocycles. The second-order valence-electron chi connectivity index (χ2n) is 4.52. The van der Waals surface area contributed by atoms with Crippen LogP contribution in [0.4, 0.5) is 0 Å². The quantitative estimate of drug-likeness (QED) is 0.828. The van der Waals surface area contributed by atoms with Gasteiger partial charge in [0, 0.05) is 29.2 Å². The molecule has 1 aromatic carbocycles. The monoisotopic (exact) mass is 216 g/mol. The molecule has 0 radical (unpaired) electrons. The van der Waals surface area contributed by atoms with Crippen molar-refractivity contribution in [3.05, 3.63) is 30.0 Å². The Kier molecular flexibility index (Phi) is 2.14. The number of nitrogens with one attached hydrogen (secondary N) is 1. The van der Waals surface area contributed by atoms with Crippen LogP contribution in [-0.4, -0.2) is 12.1 Å². The zero-order valence-corrected chi connectivity index (χ0v) is 9.36. The SMILES string of the molecule is COc1ccc2c(C(N)C3CC3)c[nH]c2c1. The number of benzene rings is 1. The molecule has 1 aliphatic rings. The summed E-state index contributed by atoms with van der Waals surface area (Å²) in [5.74, 6) is 1.56. The third-order valence-corrected chi connectivity index (χ3v) is 3.41. The molecule has 0 saturated heterocycles. The van der Waals surface area contributed by atoms with Gasteiger partial charge >= 0.3 is 0 Å². The van der Waals surface area contributed by atoms with E-state index in [9.17, 15) is 0 Å². The number of ether oxygens (including phenoxy) is 1. The third kappa shape index (κ3) is 1.48. The summed E-state index contributed by atoms with van der Waals surface area (Å²) in [6.45, 7) is 0. The number of H-pyrrole nitrogens is 1. The van der Waals surface area contributed by atoms with Crippen LogP contribution < -0.4 is 10.5 Å². The van der Waals surface area contributed by atoms with Gasteiger partial charge in [0.1, 0.15) is 5.75 Å². The number of nitrogens with two attached hydrogens (primary N) is 1. The van der Waals surface area contributed by atoms with Crippen molar-refractivity contribution in [3.8, 4) is 5.75 Å². The van der Waals surface area contributed by atoms with Crippen LogP contribution in [-0.2, 0) is 0 Å². The molecule has 3 rings (SSSR count). The van der Waals surface area contributed by atoms with E-state index in [2.05, 4.69) is 11.1 Å². The number of methoxy groups -OCH3 is 1. The number of hydrogen-bond donors (Lipinski definition) is 2. The number of fused-ring (bicyclic) bond motifs is 1. The smallest absolute Gasteiger partial charge is 0.120 e. The van der Waals surface area contributed by atoms with Crippen LogP contribution in [0.25, 0.3) is 10.9 Å². The Morgan fingerprint density at radius 1 is 1.44 bits per heavy atom. The fraction of sp³-hybridized carbons (Fsp3) is 0.385. The maximum Gasteiger partial charge on any atom is 0.120 e. The predicted octanol–water partition coefficient (Wildman–Crippen LogP) is 2.59. The van der Waals surface area contributed by atoms with Gasteiger partial charge in [0.2, 0.25) is 0 Å². The molecule has 1 saturated carbocycles. The highest BCUT2D eigenvalue weighted by molar-refractivity contribution is 5.85. The highest BCUT2D eigenvalue weighted by Gasteiger charge is 2.30. The molecule has 1 atom stereocenters. The Morgan fingerprint density at radius 2 is 2.25 bits per heavy atom. The van der Waals surface area contributed by atoms with E-state index in [1.54, 1.807) is 7.11 Å². The Hall–Kier alpha value is -1.48. The molecular weight excluding hydrogens is 200 g/mol. The molecule has 1 heterocycles. The lowest BCUT2D eigenvalue weighted by molar-refractivity contribution is 0.415. The Bertz CT molecular complexity index is 514. The van der Waals surface area contributed by atoms with Gasteiger partial charge in [0.25, 0.3) is 0 Å². The van der Waals surface area contributed by atoms with Crippen LogP contribution in [0, 0.1) is 5.92 Å². The summed E-state index contributed by atoms with van der Waals surface area (Å²) in [6.07, 6.45) is 4.57. The normalized spacial score (nSPS) is 17.6. The minimum atomic E-state index is 0.183. The van der Waals surface area contributed by atoms with Gasteiger partial charge in [-0.1, -0.05) is 0 Å². The molecule has 3 nitrogen and oxygen atoms in total. The highest BCUT2D eigenvalue weighted by Crippen LogP contribution is 2.41. The zero-order chi connectivity index (χ0) is 11.1. The van der Waals surface area contributed by atoms with Gasteiger partial charge in [-0.3, -0.25) is 0 Å². The minimum absolute atomic E-state index is 0.183. The third-order valence-electron chi connectivity index (χ3n) is 3.41. The molecule has 84 valence electrons. The van der Waals surface area contributed by atoms with E-state index < -0.39 is 0 Å². The van der Waals surface area contributed by atoms with E-state index in [-0.39, 0.29) is 6.04 Å². The molecule has 0 spiro atoms. The van der Waals surface area contributed by atoms with Crippen molar-refractivity contribution in [3.63, 3.8) is 0 Å². The molecule has 0 bridgehead atoms. The van der Waals surface area contributed by atoms with Crippen LogP contribution in [0.15, 0.2) is 24.4 Å². The number of aromatic nitrogens is 1. The lowest BCUT2D eigenvalue weighted by atomic mass is 10.0. The summed E-state index contributed by atoms with van der Waals surface area (Å²) < 4.78 is 5.20. The van der Waals surface area contributed by atoms with Gasteiger partial charge in [-0.25, -0.2) is 0 Å². The largest absolute Gasteiger partial charge is 0.497 e. The van der Waals surface area contributed by atoms with Gasteiger partial charge in [-0.15, -0.1) is 0 Å². The van der Waals surface area contributed by atoms with Gasteiger partial charge in [-0.05, 0) is 36.5 Å². The standard InChI is InChI=1S/C13H16N2O/c1-16-9-4-5-10-11(7-15-12(10)6-9)13(14)8-2-3-8/h4-8,13,15H,2-3,14H2,1H3. The number of aromatic amines is 1. The van der Waals surface area contributed by atoms with E-state index in [0.29, 0.717) is 5.92 Å². The van der Waals surface area contributed by atoms with Crippen molar-refractivity contribution in [2.75, 3.05) is 7.11 Å². The Morgan fingerprint density at radius 3 is 2.94 bits per heavy atom. The molecule has 1 aromatic heterocycles. The molecule has 0 aliphatic heterocycles. The van der Waals surface area contributed by atoms with Crippen LogP contribution in [0.5, 0.6) is 5.75 Å².